The average molecular weight is 385 g/mol. The molecule has 4 aromatic rings. The highest BCUT2D eigenvalue weighted by molar-refractivity contribution is 5.74. The first-order valence-electron chi connectivity index (χ1n) is 9.07. The highest BCUT2D eigenvalue weighted by Crippen LogP contribution is 2.36. The van der Waals surface area contributed by atoms with Gasteiger partial charge in [0.1, 0.15) is 18.1 Å². The smallest absolute Gasteiger partial charge is 0.227 e. The van der Waals surface area contributed by atoms with Crippen LogP contribution in [0.4, 0.5) is 0 Å². The Labute approximate surface area is 168 Å². The number of nitrogens with zero attached hydrogens (tertiary/aromatic N) is 3. The predicted octanol–water partition coefficient (Wildman–Crippen LogP) is 4.92. The molecule has 0 unspecified atom stereocenters. The lowest BCUT2D eigenvalue weighted by Gasteiger charge is -2.13. The molecule has 29 heavy (non-hydrogen) atoms. The number of pyridine rings is 3. The zero-order valence-corrected chi connectivity index (χ0v) is 15.9. The van der Waals surface area contributed by atoms with Gasteiger partial charge in [0.25, 0.3) is 0 Å². The molecular formula is C23H19N3O3. The van der Waals surface area contributed by atoms with Gasteiger partial charge < -0.3 is 14.2 Å². The minimum Gasteiger partial charge on any atom is -0.496 e. The number of para-hydroxylation sites is 1. The molecule has 0 atom stereocenters. The fraction of sp³-hybridized carbons (Fsp3) is 0.0870. The van der Waals surface area contributed by atoms with Crippen LogP contribution in [-0.2, 0) is 6.61 Å². The van der Waals surface area contributed by atoms with Gasteiger partial charge >= 0.3 is 0 Å². The zero-order chi connectivity index (χ0) is 19.9. The van der Waals surface area contributed by atoms with Crippen LogP contribution in [0.3, 0.4) is 0 Å². The monoisotopic (exact) mass is 385 g/mol. The van der Waals surface area contributed by atoms with Crippen LogP contribution in [0, 0.1) is 0 Å². The van der Waals surface area contributed by atoms with Gasteiger partial charge in [0, 0.05) is 41.3 Å². The van der Waals surface area contributed by atoms with Gasteiger partial charge in [0.15, 0.2) is 0 Å². The van der Waals surface area contributed by atoms with Gasteiger partial charge in [-0.3, -0.25) is 4.98 Å². The Bertz CT molecular complexity index is 1070. The van der Waals surface area contributed by atoms with E-state index in [1.165, 1.54) is 0 Å². The van der Waals surface area contributed by atoms with Gasteiger partial charge in [-0.05, 0) is 30.3 Å². The largest absolute Gasteiger partial charge is 0.496 e. The lowest BCUT2D eigenvalue weighted by atomic mass is 10.1. The summed E-state index contributed by atoms with van der Waals surface area (Å²) in [5.41, 5.74) is 2.72. The summed E-state index contributed by atoms with van der Waals surface area (Å²) in [6, 6.07) is 18.9. The van der Waals surface area contributed by atoms with Gasteiger partial charge in [-0.25, -0.2) is 9.97 Å². The van der Waals surface area contributed by atoms with Crippen LogP contribution in [0.25, 0.3) is 11.1 Å². The summed E-state index contributed by atoms with van der Waals surface area (Å²) in [5.74, 6) is 2.30. The summed E-state index contributed by atoms with van der Waals surface area (Å²) < 4.78 is 17.1. The molecule has 1 aromatic carbocycles. The topological polar surface area (TPSA) is 66.4 Å². The van der Waals surface area contributed by atoms with E-state index in [9.17, 15) is 0 Å². The Morgan fingerprint density at radius 2 is 1.66 bits per heavy atom. The molecule has 0 bridgehead atoms. The van der Waals surface area contributed by atoms with E-state index < -0.39 is 0 Å². The molecule has 0 spiro atoms. The van der Waals surface area contributed by atoms with E-state index in [0.29, 0.717) is 24.1 Å². The van der Waals surface area contributed by atoms with Gasteiger partial charge in [0.2, 0.25) is 11.8 Å². The predicted molar refractivity (Wildman–Crippen MR) is 109 cm³/mol. The molecule has 0 aliphatic heterocycles. The van der Waals surface area contributed by atoms with Crippen LogP contribution < -0.4 is 14.2 Å². The Kier molecular flexibility index (Phi) is 5.62. The molecule has 3 heterocycles. The van der Waals surface area contributed by atoms with Crippen molar-refractivity contribution in [2.75, 3.05) is 7.11 Å². The first kappa shape index (κ1) is 18.4. The van der Waals surface area contributed by atoms with E-state index in [0.717, 1.165) is 22.4 Å². The zero-order valence-electron chi connectivity index (χ0n) is 15.9. The van der Waals surface area contributed by atoms with Crippen LogP contribution in [0.5, 0.6) is 23.3 Å². The molecule has 0 radical (unpaired) electrons. The maximum absolute atomic E-state index is 5.99. The second-order valence-electron chi connectivity index (χ2n) is 6.14. The molecule has 0 N–H and O–H groups in total. The number of rotatable bonds is 7. The molecule has 0 fully saturated rings. The molecule has 6 nitrogen and oxygen atoms in total. The van der Waals surface area contributed by atoms with E-state index >= 15 is 0 Å². The van der Waals surface area contributed by atoms with Crippen molar-refractivity contribution in [1.82, 2.24) is 15.0 Å². The number of hydrogen-bond donors (Lipinski definition) is 0. The lowest BCUT2D eigenvalue weighted by molar-refractivity contribution is 0.292. The van der Waals surface area contributed by atoms with Crippen molar-refractivity contribution in [2.45, 2.75) is 6.61 Å². The minimum absolute atomic E-state index is 0.402. The van der Waals surface area contributed by atoms with Gasteiger partial charge in [-0.1, -0.05) is 24.3 Å². The standard InChI is InChI=1S/C23H19N3O3/c1-27-21-9-3-2-7-19(21)20-8-5-13-25-23(20)29-18-10-11-22(26-15-18)28-16-17-6-4-12-24-14-17/h2-15H,16H2,1H3. The molecule has 0 saturated heterocycles. The highest BCUT2D eigenvalue weighted by atomic mass is 16.5. The first-order chi connectivity index (χ1) is 14.3. The summed E-state index contributed by atoms with van der Waals surface area (Å²) in [7, 11) is 1.64. The van der Waals surface area contributed by atoms with Gasteiger partial charge in [-0.15, -0.1) is 0 Å². The SMILES string of the molecule is COc1ccccc1-c1cccnc1Oc1ccc(OCc2cccnc2)nc1. The molecule has 6 heteroatoms. The normalized spacial score (nSPS) is 10.4. The number of ether oxygens (including phenoxy) is 3. The third-order valence-corrected chi connectivity index (χ3v) is 4.20. The van der Waals surface area contributed by atoms with Crippen LogP contribution in [0.15, 0.2) is 85.5 Å². The maximum Gasteiger partial charge on any atom is 0.227 e. The number of hydrogen-bond acceptors (Lipinski definition) is 6. The van der Waals surface area contributed by atoms with Crippen molar-refractivity contribution < 1.29 is 14.2 Å². The third kappa shape index (κ3) is 4.50. The Morgan fingerprint density at radius 1 is 0.793 bits per heavy atom. The Hall–Kier alpha value is -3.93. The van der Waals surface area contributed by atoms with Gasteiger partial charge in [-0.2, -0.15) is 0 Å². The van der Waals surface area contributed by atoms with Crippen molar-refractivity contribution in [3.63, 3.8) is 0 Å². The fourth-order valence-electron chi connectivity index (χ4n) is 2.81. The van der Waals surface area contributed by atoms with E-state index in [4.69, 9.17) is 14.2 Å². The third-order valence-electron chi connectivity index (χ3n) is 4.20. The van der Waals surface area contributed by atoms with Crippen LogP contribution in [0.1, 0.15) is 5.56 Å². The summed E-state index contributed by atoms with van der Waals surface area (Å²) >= 11 is 0. The van der Waals surface area contributed by atoms with E-state index in [2.05, 4.69) is 15.0 Å². The first-order valence-corrected chi connectivity index (χ1v) is 9.07. The summed E-state index contributed by atoms with van der Waals surface area (Å²) in [4.78, 5) is 12.8. The highest BCUT2D eigenvalue weighted by Gasteiger charge is 2.13. The Morgan fingerprint density at radius 3 is 2.45 bits per heavy atom. The Balaban J connectivity index is 1.50. The molecular weight excluding hydrogens is 366 g/mol. The lowest BCUT2D eigenvalue weighted by Crippen LogP contribution is -1.98. The summed E-state index contributed by atoms with van der Waals surface area (Å²) in [5, 5.41) is 0. The second-order valence-corrected chi connectivity index (χ2v) is 6.14. The van der Waals surface area contributed by atoms with E-state index in [-0.39, 0.29) is 0 Å². The number of aromatic nitrogens is 3. The molecule has 0 saturated carbocycles. The minimum atomic E-state index is 0.402. The maximum atomic E-state index is 5.99. The molecule has 0 aliphatic rings. The summed E-state index contributed by atoms with van der Waals surface area (Å²) in [6.07, 6.45) is 6.79. The fourth-order valence-corrected chi connectivity index (χ4v) is 2.81. The van der Waals surface area contributed by atoms with Crippen LogP contribution >= 0.6 is 0 Å². The van der Waals surface area contributed by atoms with Crippen molar-refractivity contribution in [3.8, 4) is 34.4 Å². The van der Waals surface area contributed by atoms with Crippen molar-refractivity contribution >= 4 is 0 Å². The molecule has 3 aromatic heterocycles. The van der Waals surface area contributed by atoms with Crippen molar-refractivity contribution in [1.29, 1.82) is 0 Å². The van der Waals surface area contributed by atoms with Gasteiger partial charge in [0.05, 0.1) is 13.3 Å². The average Bonchev–Trinajstić information content (AvgIpc) is 2.80. The number of methoxy groups -OCH3 is 1. The molecule has 0 amide bonds. The summed E-state index contributed by atoms with van der Waals surface area (Å²) in [6.45, 7) is 0.402. The van der Waals surface area contributed by atoms with Crippen LogP contribution in [0.2, 0.25) is 0 Å². The molecule has 4 rings (SSSR count). The van der Waals surface area contributed by atoms with Crippen molar-refractivity contribution in [2.24, 2.45) is 0 Å². The molecule has 0 aliphatic carbocycles. The number of benzene rings is 1. The van der Waals surface area contributed by atoms with E-state index in [1.807, 2.05) is 48.5 Å². The second kappa shape index (κ2) is 8.84. The molecule has 144 valence electrons. The van der Waals surface area contributed by atoms with Crippen LogP contribution in [-0.4, -0.2) is 22.1 Å². The van der Waals surface area contributed by atoms with Crippen molar-refractivity contribution in [3.05, 3.63) is 91.0 Å². The quantitative estimate of drug-likeness (QED) is 0.450. The van der Waals surface area contributed by atoms with E-state index in [1.54, 1.807) is 44.0 Å².